The summed E-state index contributed by atoms with van der Waals surface area (Å²) in [5.41, 5.74) is 5.76. The number of carbonyl (C=O) groups excluding carboxylic acids is 1. The second kappa shape index (κ2) is 13.9. The largest absolute Gasteiger partial charge is 0.494 e. The number of methoxy groups -OCH3 is 3. The Kier molecular flexibility index (Phi) is 10.1. The fourth-order valence-corrected chi connectivity index (χ4v) is 5.00. The Balaban J connectivity index is 1.21. The monoisotopic (exact) mass is 547 g/mol. The van der Waals surface area contributed by atoms with Crippen LogP contribution in [0.5, 0.6) is 23.0 Å². The first kappa shape index (κ1) is 29.1. The maximum Gasteiger partial charge on any atom is 0.251 e. The van der Waals surface area contributed by atoms with Crippen LogP contribution in [0.4, 0.5) is 5.69 Å². The number of carbonyl (C=O) groups is 1. The van der Waals surface area contributed by atoms with Crippen molar-refractivity contribution in [3.8, 4) is 23.0 Å². The number of anilines is 1. The van der Waals surface area contributed by atoms with Gasteiger partial charge in [0.05, 0.1) is 27.9 Å². The molecule has 0 radical (unpaired) electrons. The van der Waals surface area contributed by atoms with Crippen molar-refractivity contribution in [3.63, 3.8) is 0 Å². The highest BCUT2D eigenvalue weighted by molar-refractivity contribution is 5.95. The van der Waals surface area contributed by atoms with Crippen molar-refractivity contribution in [1.29, 1.82) is 0 Å². The summed E-state index contributed by atoms with van der Waals surface area (Å²) in [6.45, 7) is 10.4. The van der Waals surface area contributed by atoms with Gasteiger partial charge in [-0.2, -0.15) is 0 Å². The number of nitrogens with zero attached hydrogens (tertiary/aromatic N) is 2. The van der Waals surface area contributed by atoms with Crippen molar-refractivity contribution in [2.24, 2.45) is 0 Å². The first-order valence-electron chi connectivity index (χ1n) is 13.8. The zero-order valence-electron chi connectivity index (χ0n) is 24.3. The topological polar surface area (TPSA) is 72.5 Å². The zero-order chi connectivity index (χ0) is 28.5. The maximum atomic E-state index is 12.7. The van der Waals surface area contributed by atoms with E-state index in [0.717, 1.165) is 38.5 Å². The van der Waals surface area contributed by atoms with Gasteiger partial charge < -0.3 is 29.2 Å². The molecule has 40 heavy (non-hydrogen) atoms. The van der Waals surface area contributed by atoms with Crippen molar-refractivity contribution < 1.29 is 23.7 Å². The molecule has 0 aromatic heterocycles. The van der Waals surface area contributed by atoms with Crippen LogP contribution >= 0.6 is 0 Å². The molecule has 1 aliphatic rings. The third kappa shape index (κ3) is 7.18. The fourth-order valence-electron chi connectivity index (χ4n) is 5.00. The van der Waals surface area contributed by atoms with Crippen LogP contribution in [0.25, 0.3) is 0 Å². The maximum absolute atomic E-state index is 12.7. The summed E-state index contributed by atoms with van der Waals surface area (Å²) in [5, 5.41) is 2.93. The molecule has 1 amide bonds. The molecule has 0 unspecified atom stereocenters. The summed E-state index contributed by atoms with van der Waals surface area (Å²) >= 11 is 0. The minimum atomic E-state index is -0.209. The molecular weight excluding hydrogens is 506 g/mol. The van der Waals surface area contributed by atoms with Crippen LogP contribution in [-0.4, -0.2) is 71.5 Å². The number of nitrogens with one attached hydrogen (secondary N) is 1. The Morgan fingerprint density at radius 2 is 1.57 bits per heavy atom. The number of hydrogen-bond donors (Lipinski definition) is 1. The van der Waals surface area contributed by atoms with Crippen LogP contribution in [0.1, 0.15) is 33.5 Å². The Morgan fingerprint density at radius 3 is 2.25 bits per heavy atom. The molecule has 0 saturated carbocycles. The Labute approximate surface area is 237 Å². The molecule has 0 aliphatic carbocycles. The molecule has 1 N–H and O–H groups in total. The summed E-state index contributed by atoms with van der Waals surface area (Å²) in [6, 6.07) is 18.1. The quantitative estimate of drug-likeness (QED) is 0.325. The average Bonchev–Trinajstić information content (AvgIpc) is 2.98. The second-order valence-electron chi connectivity index (χ2n) is 10.0. The number of amides is 1. The van der Waals surface area contributed by atoms with Gasteiger partial charge in [-0.25, -0.2) is 0 Å². The van der Waals surface area contributed by atoms with E-state index >= 15 is 0 Å². The zero-order valence-corrected chi connectivity index (χ0v) is 24.3. The van der Waals surface area contributed by atoms with E-state index in [2.05, 4.69) is 59.3 Å². The third-order valence-corrected chi connectivity index (χ3v) is 7.40. The molecule has 1 saturated heterocycles. The SMILES string of the molecule is COc1cc(C(=O)NCCCOc2cccc(CN3CCN(c4cccc(C)c4C)CC3)c2)cc(OC)c1OC. The normalized spacial score (nSPS) is 13.6. The molecule has 1 heterocycles. The minimum Gasteiger partial charge on any atom is -0.494 e. The minimum absolute atomic E-state index is 0.209. The molecular formula is C32H41N3O5. The van der Waals surface area contributed by atoms with E-state index in [1.807, 2.05) is 12.1 Å². The van der Waals surface area contributed by atoms with Gasteiger partial charge in [0.1, 0.15) is 5.75 Å². The Bertz CT molecular complexity index is 1260. The molecule has 1 aliphatic heterocycles. The highest BCUT2D eigenvalue weighted by Crippen LogP contribution is 2.38. The van der Waals surface area contributed by atoms with E-state index in [0.29, 0.717) is 42.4 Å². The van der Waals surface area contributed by atoms with Gasteiger partial charge in [0.25, 0.3) is 5.91 Å². The first-order valence-corrected chi connectivity index (χ1v) is 13.8. The van der Waals surface area contributed by atoms with Crippen LogP contribution in [0, 0.1) is 13.8 Å². The number of piperazine rings is 1. The van der Waals surface area contributed by atoms with Gasteiger partial charge in [-0.3, -0.25) is 9.69 Å². The number of benzene rings is 3. The number of rotatable bonds is 12. The highest BCUT2D eigenvalue weighted by Gasteiger charge is 2.19. The second-order valence-corrected chi connectivity index (χ2v) is 10.0. The molecule has 214 valence electrons. The predicted molar refractivity (Wildman–Crippen MR) is 158 cm³/mol. The van der Waals surface area contributed by atoms with Gasteiger partial charge in [0, 0.05) is 50.5 Å². The summed E-state index contributed by atoms with van der Waals surface area (Å²) < 4.78 is 22.0. The molecule has 4 rings (SSSR count). The summed E-state index contributed by atoms with van der Waals surface area (Å²) in [5.74, 6) is 1.98. The molecule has 3 aromatic carbocycles. The molecule has 0 bridgehead atoms. The van der Waals surface area contributed by atoms with E-state index in [-0.39, 0.29) is 5.91 Å². The van der Waals surface area contributed by atoms with Gasteiger partial charge in [0.15, 0.2) is 11.5 Å². The van der Waals surface area contributed by atoms with Crippen molar-refractivity contribution >= 4 is 11.6 Å². The molecule has 8 nitrogen and oxygen atoms in total. The number of hydrogen-bond acceptors (Lipinski definition) is 7. The lowest BCUT2D eigenvalue weighted by Crippen LogP contribution is -2.46. The molecule has 0 spiro atoms. The Morgan fingerprint density at radius 1 is 0.875 bits per heavy atom. The van der Waals surface area contributed by atoms with Crippen molar-refractivity contribution in [1.82, 2.24) is 10.2 Å². The van der Waals surface area contributed by atoms with Gasteiger partial charge >= 0.3 is 0 Å². The van der Waals surface area contributed by atoms with Crippen molar-refractivity contribution in [3.05, 3.63) is 76.9 Å². The predicted octanol–water partition coefficient (Wildman–Crippen LogP) is 4.85. The van der Waals surface area contributed by atoms with Crippen LogP contribution in [0.15, 0.2) is 54.6 Å². The van der Waals surface area contributed by atoms with E-state index in [9.17, 15) is 4.79 Å². The van der Waals surface area contributed by atoms with Crippen molar-refractivity contribution in [2.75, 3.05) is 65.6 Å². The lowest BCUT2D eigenvalue weighted by molar-refractivity contribution is 0.0950. The molecule has 0 atom stereocenters. The van der Waals surface area contributed by atoms with E-state index < -0.39 is 0 Å². The first-order chi connectivity index (χ1) is 19.4. The van der Waals surface area contributed by atoms with Crippen LogP contribution in [0.2, 0.25) is 0 Å². The summed E-state index contributed by atoms with van der Waals surface area (Å²) in [4.78, 5) is 17.7. The van der Waals surface area contributed by atoms with Crippen LogP contribution in [-0.2, 0) is 6.54 Å². The highest BCUT2D eigenvalue weighted by atomic mass is 16.5. The summed E-state index contributed by atoms with van der Waals surface area (Å²) in [6.07, 6.45) is 0.681. The fraction of sp³-hybridized carbons (Fsp3) is 0.406. The lowest BCUT2D eigenvalue weighted by Gasteiger charge is -2.37. The van der Waals surface area contributed by atoms with Gasteiger partial charge in [-0.1, -0.05) is 24.3 Å². The third-order valence-electron chi connectivity index (χ3n) is 7.40. The standard InChI is InChI=1S/C32H41N3O5/c1-23-9-6-12-28(24(23)2)35-16-14-34(15-17-35)22-25-10-7-11-27(19-25)40-18-8-13-33-32(36)26-20-29(37-3)31(39-5)30(21-26)38-4/h6-7,9-12,19-21H,8,13-18,22H2,1-5H3,(H,33,36). The van der Waals surface area contributed by atoms with E-state index in [4.69, 9.17) is 18.9 Å². The van der Waals surface area contributed by atoms with Gasteiger partial charge in [-0.15, -0.1) is 0 Å². The van der Waals surface area contributed by atoms with Gasteiger partial charge in [0.2, 0.25) is 5.75 Å². The molecule has 1 fully saturated rings. The summed E-state index contributed by atoms with van der Waals surface area (Å²) in [7, 11) is 4.59. The molecule has 3 aromatic rings. The van der Waals surface area contributed by atoms with E-state index in [1.54, 1.807) is 12.1 Å². The van der Waals surface area contributed by atoms with Crippen LogP contribution < -0.4 is 29.2 Å². The average molecular weight is 548 g/mol. The van der Waals surface area contributed by atoms with Gasteiger partial charge in [-0.05, 0) is 67.3 Å². The number of ether oxygens (including phenoxy) is 4. The number of aryl methyl sites for hydroxylation is 1. The van der Waals surface area contributed by atoms with Crippen LogP contribution in [0.3, 0.4) is 0 Å². The van der Waals surface area contributed by atoms with E-state index in [1.165, 1.54) is 43.7 Å². The smallest absolute Gasteiger partial charge is 0.251 e. The Hall–Kier alpha value is -3.91. The van der Waals surface area contributed by atoms with Crippen molar-refractivity contribution in [2.45, 2.75) is 26.8 Å². The molecule has 8 heteroatoms. The lowest BCUT2D eigenvalue weighted by atomic mass is 10.1.